The molecule has 186 valence electrons. The minimum Gasteiger partial charge on any atom is -0.393 e. The SMILES string of the molecule is CC(=O)C(Cc1ccc(Cl)cc1)c1ccccc1.CC(O)C(Cc1ccc(Cl)cc1)c1ccccc1. The largest absolute Gasteiger partial charge is 0.393 e. The van der Waals surface area contributed by atoms with E-state index in [-0.39, 0.29) is 23.7 Å². The van der Waals surface area contributed by atoms with Crippen LogP contribution in [0.1, 0.15) is 47.9 Å². The Labute approximate surface area is 224 Å². The molecule has 0 radical (unpaired) electrons. The highest BCUT2D eigenvalue weighted by Gasteiger charge is 2.18. The first-order chi connectivity index (χ1) is 17.3. The fraction of sp³-hybridized carbons (Fsp3) is 0.219. The topological polar surface area (TPSA) is 37.3 Å². The lowest BCUT2D eigenvalue weighted by Crippen LogP contribution is -2.17. The minimum atomic E-state index is -0.372. The van der Waals surface area contributed by atoms with Gasteiger partial charge in [-0.05, 0) is 73.2 Å². The third-order valence-electron chi connectivity index (χ3n) is 6.22. The predicted octanol–water partition coefficient (Wildman–Crippen LogP) is 8.30. The van der Waals surface area contributed by atoms with E-state index in [1.54, 1.807) is 6.92 Å². The second-order valence-electron chi connectivity index (χ2n) is 8.99. The maximum Gasteiger partial charge on any atom is 0.137 e. The number of benzene rings is 4. The van der Waals surface area contributed by atoms with Gasteiger partial charge in [-0.1, -0.05) is 108 Å². The Morgan fingerprint density at radius 1 is 0.667 bits per heavy atom. The first-order valence-electron chi connectivity index (χ1n) is 12.1. The molecule has 3 unspecified atom stereocenters. The molecule has 0 aliphatic heterocycles. The van der Waals surface area contributed by atoms with Crippen LogP contribution in [0.25, 0.3) is 0 Å². The number of aliphatic hydroxyl groups excluding tert-OH is 1. The summed E-state index contributed by atoms with van der Waals surface area (Å²) in [5.74, 6) is 0.232. The molecule has 0 heterocycles. The maximum absolute atomic E-state index is 11.8. The van der Waals surface area contributed by atoms with Crippen molar-refractivity contribution in [1.82, 2.24) is 0 Å². The highest BCUT2D eigenvalue weighted by Crippen LogP contribution is 2.25. The molecule has 2 nitrogen and oxygen atoms in total. The lowest BCUT2D eigenvalue weighted by molar-refractivity contribution is -0.118. The highest BCUT2D eigenvalue weighted by molar-refractivity contribution is 6.30. The summed E-state index contributed by atoms with van der Waals surface area (Å²) in [6.45, 7) is 3.49. The summed E-state index contributed by atoms with van der Waals surface area (Å²) in [5.41, 5.74) is 4.56. The number of halogens is 2. The number of hydrogen-bond donors (Lipinski definition) is 1. The van der Waals surface area contributed by atoms with Crippen molar-refractivity contribution in [3.63, 3.8) is 0 Å². The van der Waals surface area contributed by atoms with E-state index in [0.717, 1.165) is 34.0 Å². The van der Waals surface area contributed by atoms with Crippen molar-refractivity contribution < 1.29 is 9.90 Å². The van der Waals surface area contributed by atoms with Crippen molar-refractivity contribution in [2.45, 2.75) is 44.6 Å². The highest BCUT2D eigenvalue weighted by atomic mass is 35.5. The van der Waals surface area contributed by atoms with E-state index in [0.29, 0.717) is 0 Å². The van der Waals surface area contributed by atoms with E-state index >= 15 is 0 Å². The van der Waals surface area contributed by atoms with Gasteiger partial charge in [0.15, 0.2) is 0 Å². The van der Waals surface area contributed by atoms with E-state index in [1.807, 2.05) is 104 Å². The molecular formula is C32H32Cl2O2. The summed E-state index contributed by atoms with van der Waals surface area (Å²) in [7, 11) is 0. The number of hydrogen-bond acceptors (Lipinski definition) is 2. The molecule has 36 heavy (non-hydrogen) atoms. The fourth-order valence-electron chi connectivity index (χ4n) is 4.18. The molecule has 4 aromatic carbocycles. The average Bonchev–Trinajstić information content (AvgIpc) is 2.89. The van der Waals surface area contributed by atoms with Gasteiger partial charge >= 0.3 is 0 Å². The summed E-state index contributed by atoms with van der Waals surface area (Å²) >= 11 is 11.7. The number of aliphatic hydroxyl groups is 1. The van der Waals surface area contributed by atoms with Gasteiger partial charge in [0.25, 0.3) is 0 Å². The van der Waals surface area contributed by atoms with Crippen LogP contribution in [0.4, 0.5) is 0 Å². The van der Waals surface area contributed by atoms with Gasteiger partial charge in [0.2, 0.25) is 0 Å². The zero-order valence-electron chi connectivity index (χ0n) is 20.6. The Hall–Kier alpha value is -2.91. The second kappa shape index (κ2) is 14.0. The van der Waals surface area contributed by atoms with E-state index in [2.05, 4.69) is 12.1 Å². The summed E-state index contributed by atoms with van der Waals surface area (Å²) < 4.78 is 0. The molecule has 0 saturated carbocycles. The first-order valence-corrected chi connectivity index (χ1v) is 12.9. The molecule has 4 aromatic rings. The van der Waals surface area contributed by atoms with Crippen LogP contribution in [0.5, 0.6) is 0 Å². The Balaban J connectivity index is 0.000000201. The van der Waals surface area contributed by atoms with Gasteiger partial charge in [-0.25, -0.2) is 0 Å². The number of ketones is 1. The van der Waals surface area contributed by atoms with Gasteiger partial charge in [0.05, 0.1) is 6.10 Å². The van der Waals surface area contributed by atoms with Crippen LogP contribution in [-0.2, 0) is 17.6 Å². The van der Waals surface area contributed by atoms with Gasteiger partial charge in [0.1, 0.15) is 5.78 Å². The summed E-state index contributed by atoms with van der Waals surface area (Å²) in [6.07, 6.45) is 1.16. The monoisotopic (exact) mass is 518 g/mol. The van der Waals surface area contributed by atoms with Crippen LogP contribution in [0.2, 0.25) is 10.0 Å². The summed E-state index contributed by atoms with van der Waals surface area (Å²) in [5, 5.41) is 11.4. The average molecular weight is 520 g/mol. The zero-order chi connectivity index (χ0) is 25.9. The van der Waals surface area contributed by atoms with Crippen LogP contribution >= 0.6 is 23.2 Å². The van der Waals surface area contributed by atoms with Crippen molar-refractivity contribution in [2.75, 3.05) is 0 Å². The number of carbonyl (C=O) groups is 1. The Morgan fingerprint density at radius 3 is 1.50 bits per heavy atom. The van der Waals surface area contributed by atoms with Gasteiger partial charge < -0.3 is 5.11 Å². The molecule has 0 aliphatic carbocycles. The molecule has 0 aromatic heterocycles. The molecule has 0 amide bonds. The lowest BCUT2D eigenvalue weighted by Gasteiger charge is -2.20. The molecular weight excluding hydrogens is 487 g/mol. The first kappa shape index (κ1) is 27.7. The van der Waals surface area contributed by atoms with E-state index < -0.39 is 0 Å². The smallest absolute Gasteiger partial charge is 0.137 e. The third kappa shape index (κ3) is 8.64. The van der Waals surface area contributed by atoms with Gasteiger partial charge in [-0.2, -0.15) is 0 Å². The molecule has 0 aliphatic rings. The quantitative estimate of drug-likeness (QED) is 0.254. The van der Waals surface area contributed by atoms with Crippen molar-refractivity contribution in [3.8, 4) is 0 Å². The van der Waals surface area contributed by atoms with Crippen LogP contribution in [0.3, 0.4) is 0 Å². The molecule has 0 spiro atoms. The Bertz CT molecular complexity index is 1190. The van der Waals surface area contributed by atoms with Crippen LogP contribution in [0.15, 0.2) is 109 Å². The van der Waals surface area contributed by atoms with Gasteiger partial charge in [-0.3, -0.25) is 4.79 Å². The molecule has 0 saturated heterocycles. The molecule has 0 fully saturated rings. The van der Waals surface area contributed by atoms with Crippen LogP contribution < -0.4 is 0 Å². The number of Topliss-reactive ketones (excluding diaryl/α,β-unsaturated/α-hetero) is 1. The van der Waals surface area contributed by atoms with Crippen LogP contribution in [-0.4, -0.2) is 17.0 Å². The number of carbonyl (C=O) groups excluding carboxylic acids is 1. The number of rotatable bonds is 8. The second-order valence-corrected chi connectivity index (χ2v) is 9.87. The standard InChI is InChI=1S/C16H17ClO.C16H15ClO/c2*1-12(18)16(14-5-3-2-4-6-14)11-13-7-9-15(17)10-8-13/h2-10,12,16,18H,11H2,1H3;2-10,16H,11H2,1H3. The third-order valence-corrected chi connectivity index (χ3v) is 6.73. The Kier molecular flexibility index (Phi) is 10.8. The molecule has 0 bridgehead atoms. The van der Waals surface area contributed by atoms with E-state index in [9.17, 15) is 9.90 Å². The Morgan fingerprint density at radius 2 is 1.08 bits per heavy atom. The maximum atomic E-state index is 11.8. The van der Waals surface area contributed by atoms with E-state index in [4.69, 9.17) is 23.2 Å². The molecule has 1 N–H and O–H groups in total. The van der Waals surface area contributed by atoms with Crippen molar-refractivity contribution in [2.24, 2.45) is 0 Å². The minimum absolute atomic E-state index is 0.0765. The normalized spacial score (nSPS) is 13.1. The molecule has 4 rings (SSSR count). The van der Waals surface area contributed by atoms with Crippen molar-refractivity contribution >= 4 is 29.0 Å². The van der Waals surface area contributed by atoms with Gasteiger partial charge in [-0.15, -0.1) is 0 Å². The summed E-state index contributed by atoms with van der Waals surface area (Å²) in [6, 6.07) is 35.5. The zero-order valence-corrected chi connectivity index (χ0v) is 22.2. The fourth-order valence-corrected chi connectivity index (χ4v) is 4.43. The van der Waals surface area contributed by atoms with E-state index in [1.165, 1.54) is 11.1 Å². The molecule has 3 atom stereocenters. The van der Waals surface area contributed by atoms with Gasteiger partial charge in [0, 0.05) is 21.9 Å². The van der Waals surface area contributed by atoms with Crippen molar-refractivity contribution in [1.29, 1.82) is 0 Å². The summed E-state index contributed by atoms with van der Waals surface area (Å²) in [4.78, 5) is 11.8. The van der Waals surface area contributed by atoms with Crippen molar-refractivity contribution in [3.05, 3.63) is 141 Å². The van der Waals surface area contributed by atoms with Crippen LogP contribution in [0, 0.1) is 0 Å². The predicted molar refractivity (Wildman–Crippen MR) is 151 cm³/mol. The lowest BCUT2D eigenvalue weighted by atomic mass is 9.88. The molecule has 4 heteroatoms.